The van der Waals surface area contributed by atoms with Crippen LogP contribution in [0.3, 0.4) is 0 Å². The van der Waals surface area contributed by atoms with Crippen molar-refractivity contribution < 1.29 is 8.42 Å². The van der Waals surface area contributed by atoms with Crippen LogP contribution in [0, 0.1) is 6.92 Å². The van der Waals surface area contributed by atoms with Crippen LogP contribution in [-0.4, -0.2) is 23.2 Å². The Hall–Kier alpha value is -1.21. The highest BCUT2D eigenvalue weighted by atomic mass is 32.2. The third kappa shape index (κ3) is 2.87. The summed E-state index contributed by atoms with van der Waals surface area (Å²) in [7, 11) is -3.27. The van der Waals surface area contributed by atoms with Crippen LogP contribution >= 0.6 is 11.3 Å². The zero-order valence-electron chi connectivity index (χ0n) is 11.2. The maximum absolute atomic E-state index is 12.4. The molecule has 0 amide bonds. The van der Waals surface area contributed by atoms with Crippen LogP contribution in [0.4, 0.5) is 0 Å². The Labute approximate surface area is 117 Å². The Morgan fingerprint density at radius 1 is 1.42 bits per heavy atom. The van der Waals surface area contributed by atoms with E-state index >= 15 is 0 Å². The molecule has 0 aliphatic rings. The minimum absolute atomic E-state index is 0.0687. The van der Waals surface area contributed by atoms with Crippen LogP contribution in [0.25, 0.3) is 0 Å². The molecule has 2 aromatic rings. The van der Waals surface area contributed by atoms with Gasteiger partial charge in [0.1, 0.15) is 17.4 Å². The van der Waals surface area contributed by atoms with Crippen LogP contribution < -0.4 is 0 Å². The molecule has 19 heavy (non-hydrogen) atoms. The highest BCUT2D eigenvalue weighted by molar-refractivity contribution is 7.91. The minimum atomic E-state index is -3.27. The second kappa shape index (κ2) is 5.42. The first-order valence-electron chi connectivity index (χ1n) is 6.09. The van der Waals surface area contributed by atoms with Gasteiger partial charge in [0.05, 0.1) is 5.25 Å². The lowest BCUT2D eigenvalue weighted by molar-refractivity contribution is 0.581. The van der Waals surface area contributed by atoms with E-state index in [4.69, 9.17) is 0 Å². The van der Waals surface area contributed by atoms with E-state index < -0.39 is 15.1 Å². The molecule has 0 aliphatic carbocycles. The highest BCUT2D eigenvalue weighted by Gasteiger charge is 2.26. The average Bonchev–Trinajstić information content (AvgIpc) is 2.98. The largest absolute Gasteiger partial charge is 0.315 e. The number of nitrogens with zero attached hydrogens (tertiary/aromatic N) is 3. The standard InChI is InChI=1S/C12H17N3O2S2/c1-4-15-10(3)13-14-12(15)8-19(16,17)9(2)11-6-5-7-18-11/h5-7,9H,4,8H2,1-3H3/t9-/m0/s1. The predicted molar refractivity (Wildman–Crippen MR) is 75.8 cm³/mol. The van der Waals surface area contributed by atoms with E-state index in [2.05, 4.69) is 10.2 Å². The van der Waals surface area contributed by atoms with Gasteiger partial charge in [-0.25, -0.2) is 8.42 Å². The Bertz CT molecular complexity index is 645. The fourth-order valence-electron chi connectivity index (χ4n) is 1.95. The molecular weight excluding hydrogens is 282 g/mol. The lowest BCUT2D eigenvalue weighted by atomic mass is 10.4. The van der Waals surface area contributed by atoms with Crippen LogP contribution in [0.1, 0.15) is 35.6 Å². The molecule has 7 heteroatoms. The molecule has 0 unspecified atom stereocenters. The molecular formula is C12H17N3O2S2. The van der Waals surface area contributed by atoms with Gasteiger partial charge in [-0.05, 0) is 32.2 Å². The molecule has 0 spiro atoms. The summed E-state index contributed by atoms with van der Waals surface area (Å²) in [5.41, 5.74) is 0. The van der Waals surface area contributed by atoms with E-state index in [1.807, 2.05) is 35.9 Å². The van der Waals surface area contributed by atoms with Crippen molar-refractivity contribution in [2.45, 2.75) is 38.3 Å². The van der Waals surface area contributed by atoms with Crippen molar-refractivity contribution in [1.82, 2.24) is 14.8 Å². The quantitative estimate of drug-likeness (QED) is 0.850. The van der Waals surface area contributed by atoms with E-state index in [0.717, 1.165) is 10.7 Å². The monoisotopic (exact) mass is 299 g/mol. The van der Waals surface area contributed by atoms with Gasteiger partial charge >= 0.3 is 0 Å². The van der Waals surface area contributed by atoms with Crippen molar-refractivity contribution >= 4 is 21.2 Å². The lowest BCUT2D eigenvalue weighted by Gasteiger charge is -2.11. The second-order valence-electron chi connectivity index (χ2n) is 4.37. The fraction of sp³-hybridized carbons (Fsp3) is 0.500. The fourth-order valence-corrected chi connectivity index (χ4v) is 4.47. The molecule has 5 nitrogen and oxygen atoms in total. The second-order valence-corrected chi connectivity index (χ2v) is 7.67. The van der Waals surface area contributed by atoms with E-state index in [9.17, 15) is 8.42 Å². The van der Waals surface area contributed by atoms with Crippen molar-refractivity contribution in [2.24, 2.45) is 0 Å². The van der Waals surface area contributed by atoms with Crippen molar-refractivity contribution in [2.75, 3.05) is 0 Å². The number of rotatable bonds is 5. The zero-order chi connectivity index (χ0) is 14.0. The lowest BCUT2D eigenvalue weighted by Crippen LogP contribution is -2.15. The third-order valence-electron chi connectivity index (χ3n) is 3.14. The van der Waals surface area contributed by atoms with Gasteiger partial charge in [0, 0.05) is 11.4 Å². The van der Waals surface area contributed by atoms with Gasteiger partial charge in [-0.15, -0.1) is 21.5 Å². The average molecular weight is 299 g/mol. The maximum atomic E-state index is 12.4. The van der Waals surface area contributed by atoms with Crippen LogP contribution in [0.15, 0.2) is 17.5 Å². The topological polar surface area (TPSA) is 64.8 Å². The van der Waals surface area contributed by atoms with Crippen LogP contribution in [0.5, 0.6) is 0 Å². The highest BCUT2D eigenvalue weighted by Crippen LogP contribution is 2.28. The molecule has 104 valence electrons. The summed E-state index contributed by atoms with van der Waals surface area (Å²) in [4.78, 5) is 0.860. The molecule has 0 radical (unpaired) electrons. The first-order valence-corrected chi connectivity index (χ1v) is 8.69. The molecule has 0 bridgehead atoms. The van der Waals surface area contributed by atoms with Gasteiger partial charge in [-0.1, -0.05) is 6.07 Å². The van der Waals surface area contributed by atoms with Crippen LogP contribution in [0.2, 0.25) is 0 Å². The summed E-state index contributed by atoms with van der Waals surface area (Å²) < 4.78 is 26.6. The predicted octanol–water partition coefficient (Wildman–Crippen LogP) is 2.34. The van der Waals surface area contributed by atoms with Crippen molar-refractivity contribution in [3.8, 4) is 0 Å². The normalized spacial score (nSPS) is 13.6. The van der Waals surface area contributed by atoms with E-state index in [1.165, 1.54) is 11.3 Å². The van der Waals surface area contributed by atoms with Crippen molar-refractivity contribution in [1.29, 1.82) is 0 Å². The molecule has 0 fully saturated rings. The van der Waals surface area contributed by atoms with E-state index in [-0.39, 0.29) is 5.75 Å². The summed E-state index contributed by atoms with van der Waals surface area (Å²) >= 11 is 1.46. The van der Waals surface area contributed by atoms with Gasteiger partial charge in [0.25, 0.3) is 0 Å². The molecule has 0 saturated heterocycles. The summed E-state index contributed by atoms with van der Waals surface area (Å²) in [6.07, 6.45) is 0. The molecule has 0 N–H and O–H groups in total. The van der Waals surface area contributed by atoms with Gasteiger partial charge in [0.15, 0.2) is 9.84 Å². The SMILES string of the molecule is CCn1c(C)nnc1CS(=O)(=O)[C@@H](C)c1cccs1. The maximum Gasteiger partial charge on any atom is 0.165 e. The van der Waals surface area contributed by atoms with Crippen molar-refractivity contribution in [3.05, 3.63) is 34.0 Å². The number of hydrogen-bond donors (Lipinski definition) is 0. The number of thiophene rings is 1. The number of sulfone groups is 1. The molecule has 2 heterocycles. The first kappa shape index (κ1) is 14.2. The summed E-state index contributed by atoms with van der Waals surface area (Å²) in [5, 5.41) is 9.30. The van der Waals surface area contributed by atoms with E-state index in [0.29, 0.717) is 12.4 Å². The molecule has 2 rings (SSSR count). The van der Waals surface area contributed by atoms with Crippen molar-refractivity contribution in [3.63, 3.8) is 0 Å². The Morgan fingerprint density at radius 2 is 2.16 bits per heavy atom. The van der Waals surface area contributed by atoms with Gasteiger partial charge in [-0.2, -0.15) is 0 Å². The Balaban J connectivity index is 2.26. The molecule has 0 saturated carbocycles. The third-order valence-corrected chi connectivity index (χ3v) is 6.34. The minimum Gasteiger partial charge on any atom is -0.315 e. The molecule has 0 aliphatic heterocycles. The summed E-state index contributed by atoms with van der Waals surface area (Å²) in [6.45, 7) is 6.18. The smallest absolute Gasteiger partial charge is 0.165 e. The Morgan fingerprint density at radius 3 is 2.74 bits per heavy atom. The number of aromatic nitrogens is 3. The number of hydrogen-bond acceptors (Lipinski definition) is 5. The van der Waals surface area contributed by atoms with Gasteiger partial charge in [-0.3, -0.25) is 0 Å². The molecule has 2 aromatic heterocycles. The van der Waals surface area contributed by atoms with E-state index in [1.54, 1.807) is 6.92 Å². The molecule has 0 aromatic carbocycles. The number of aryl methyl sites for hydroxylation is 1. The summed E-state index contributed by atoms with van der Waals surface area (Å²) in [5.74, 6) is 1.20. The summed E-state index contributed by atoms with van der Waals surface area (Å²) in [6, 6.07) is 3.72. The molecule has 1 atom stereocenters. The zero-order valence-corrected chi connectivity index (χ0v) is 12.8. The Kier molecular flexibility index (Phi) is 4.05. The van der Waals surface area contributed by atoms with Crippen LogP contribution in [-0.2, 0) is 22.1 Å². The first-order chi connectivity index (χ1) is 8.95. The van der Waals surface area contributed by atoms with Gasteiger partial charge < -0.3 is 4.57 Å². The van der Waals surface area contributed by atoms with Gasteiger partial charge in [0.2, 0.25) is 0 Å².